The Kier molecular flexibility index (Phi) is 7.14. The van der Waals surface area contributed by atoms with Crippen LogP contribution >= 0.6 is 23.2 Å². The summed E-state index contributed by atoms with van der Waals surface area (Å²) in [5, 5.41) is 11.3. The first-order valence-electron chi connectivity index (χ1n) is 7.53. The van der Waals surface area contributed by atoms with Crippen molar-refractivity contribution in [2.75, 3.05) is 19.7 Å². The Hall–Kier alpha value is -1.99. The van der Waals surface area contributed by atoms with E-state index in [4.69, 9.17) is 27.9 Å². The number of aryl methyl sites for hydroxylation is 1. The summed E-state index contributed by atoms with van der Waals surface area (Å²) in [4.78, 5) is 8.60. The zero-order valence-corrected chi connectivity index (χ0v) is 15.1. The van der Waals surface area contributed by atoms with Crippen LogP contribution in [0.5, 0.6) is 5.75 Å². The van der Waals surface area contributed by atoms with Crippen LogP contribution < -0.4 is 15.4 Å². The number of ether oxygens (including phenoxy) is 1. The molecule has 0 bridgehead atoms. The summed E-state index contributed by atoms with van der Waals surface area (Å²) >= 11 is 12.0. The molecule has 2 rings (SSSR count). The third-order valence-electron chi connectivity index (χ3n) is 3.10. The van der Waals surface area contributed by atoms with Crippen molar-refractivity contribution >= 4 is 29.2 Å². The zero-order valence-electron chi connectivity index (χ0n) is 13.6. The van der Waals surface area contributed by atoms with Crippen LogP contribution in [-0.2, 0) is 13.6 Å². The Labute approximate surface area is 151 Å². The number of nitrogens with zero attached hydrogens (tertiary/aromatic N) is 4. The van der Waals surface area contributed by atoms with Gasteiger partial charge in [0.2, 0.25) is 0 Å². The molecule has 7 nitrogen and oxygen atoms in total. The summed E-state index contributed by atoms with van der Waals surface area (Å²) < 4.78 is 7.32. The number of hydrogen-bond acceptors (Lipinski definition) is 4. The topological polar surface area (TPSA) is 76.4 Å². The van der Waals surface area contributed by atoms with Gasteiger partial charge in [0.25, 0.3) is 0 Å². The molecule has 0 aliphatic rings. The maximum absolute atomic E-state index is 6.08. The van der Waals surface area contributed by atoms with Crippen LogP contribution in [0.4, 0.5) is 0 Å². The van der Waals surface area contributed by atoms with Crippen molar-refractivity contribution < 1.29 is 4.74 Å². The maximum Gasteiger partial charge on any atom is 0.191 e. The van der Waals surface area contributed by atoms with Crippen molar-refractivity contribution in [2.24, 2.45) is 12.0 Å². The molecule has 2 aromatic rings. The van der Waals surface area contributed by atoms with Gasteiger partial charge in [0.05, 0.1) is 11.6 Å². The molecule has 0 amide bonds. The van der Waals surface area contributed by atoms with Crippen LogP contribution in [0.2, 0.25) is 10.0 Å². The fourth-order valence-electron chi connectivity index (χ4n) is 1.88. The van der Waals surface area contributed by atoms with Gasteiger partial charge >= 0.3 is 0 Å². The average molecular weight is 371 g/mol. The fourth-order valence-corrected chi connectivity index (χ4v) is 2.23. The van der Waals surface area contributed by atoms with Crippen molar-refractivity contribution in [1.82, 2.24) is 25.4 Å². The molecule has 9 heteroatoms. The third-order valence-corrected chi connectivity index (χ3v) is 3.90. The molecule has 0 spiro atoms. The number of hydrogen-bond donors (Lipinski definition) is 2. The van der Waals surface area contributed by atoms with E-state index in [0.717, 1.165) is 12.4 Å². The first kappa shape index (κ1) is 18.4. The van der Waals surface area contributed by atoms with Crippen LogP contribution in [0.3, 0.4) is 0 Å². The average Bonchev–Trinajstić information content (AvgIpc) is 2.98. The van der Waals surface area contributed by atoms with E-state index in [1.54, 1.807) is 22.9 Å². The molecule has 1 aromatic carbocycles. The predicted molar refractivity (Wildman–Crippen MR) is 95.8 cm³/mol. The maximum atomic E-state index is 6.08. The molecule has 130 valence electrons. The molecule has 0 aliphatic carbocycles. The lowest BCUT2D eigenvalue weighted by molar-refractivity contribution is 0.322. The Morgan fingerprint density at radius 2 is 2.17 bits per heavy atom. The van der Waals surface area contributed by atoms with Crippen LogP contribution in [-0.4, -0.2) is 40.4 Å². The van der Waals surface area contributed by atoms with E-state index in [9.17, 15) is 0 Å². The van der Waals surface area contributed by atoms with Crippen LogP contribution in [0.15, 0.2) is 29.5 Å². The summed E-state index contributed by atoms with van der Waals surface area (Å²) in [6, 6.07) is 5.29. The number of halogens is 2. The van der Waals surface area contributed by atoms with Gasteiger partial charge in [-0.2, -0.15) is 5.10 Å². The molecule has 24 heavy (non-hydrogen) atoms. The van der Waals surface area contributed by atoms with E-state index in [-0.39, 0.29) is 0 Å². The summed E-state index contributed by atoms with van der Waals surface area (Å²) in [7, 11) is 1.83. The minimum atomic E-state index is 0.419. The number of guanidine groups is 1. The van der Waals surface area contributed by atoms with E-state index in [0.29, 0.717) is 41.5 Å². The monoisotopic (exact) mass is 370 g/mol. The van der Waals surface area contributed by atoms with Gasteiger partial charge in [-0.3, -0.25) is 4.68 Å². The van der Waals surface area contributed by atoms with Gasteiger partial charge in [0, 0.05) is 13.6 Å². The highest BCUT2D eigenvalue weighted by Gasteiger charge is 2.05. The number of rotatable bonds is 7. The molecule has 0 atom stereocenters. The number of aromatic nitrogens is 3. The first-order valence-corrected chi connectivity index (χ1v) is 8.29. The lowest BCUT2D eigenvalue weighted by atomic mass is 10.3. The number of nitrogens with one attached hydrogen (secondary N) is 2. The quantitative estimate of drug-likeness (QED) is 0.444. The molecule has 0 fully saturated rings. The summed E-state index contributed by atoms with van der Waals surface area (Å²) in [5.74, 6) is 2.03. The number of benzene rings is 1. The van der Waals surface area contributed by atoms with Crippen molar-refractivity contribution in [3.63, 3.8) is 0 Å². The molecule has 2 N–H and O–H groups in total. The molecule has 0 aliphatic heterocycles. The minimum Gasteiger partial charge on any atom is -0.490 e. The second-order valence-electron chi connectivity index (χ2n) is 4.82. The number of aliphatic imine (C=N–C) groups is 1. The van der Waals surface area contributed by atoms with Crippen LogP contribution in [0.1, 0.15) is 12.7 Å². The summed E-state index contributed by atoms with van der Waals surface area (Å²) in [6.45, 7) is 4.18. The molecular formula is C15H20Cl2N6O. The Bertz CT molecular complexity index is 688. The molecule has 1 heterocycles. The zero-order chi connectivity index (χ0) is 17.4. The highest BCUT2D eigenvalue weighted by Crippen LogP contribution is 2.31. The molecular weight excluding hydrogens is 351 g/mol. The third kappa shape index (κ3) is 5.28. The highest BCUT2D eigenvalue weighted by molar-refractivity contribution is 6.42. The van der Waals surface area contributed by atoms with Gasteiger partial charge in [0.1, 0.15) is 36.1 Å². The molecule has 1 aromatic heterocycles. The van der Waals surface area contributed by atoms with E-state index < -0.39 is 0 Å². The Morgan fingerprint density at radius 3 is 2.88 bits per heavy atom. The molecule has 0 radical (unpaired) electrons. The smallest absolute Gasteiger partial charge is 0.191 e. The van der Waals surface area contributed by atoms with Gasteiger partial charge in [-0.05, 0) is 19.1 Å². The minimum absolute atomic E-state index is 0.419. The summed E-state index contributed by atoms with van der Waals surface area (Å²) in [5.41, 5.74) is 0. The van der Waals surface area contributed by atoms with Crippen molar-refractivity contribution in [2.45, 2.75) is 13.5 Å². The predicted octanol–water partition coefficient (Wildman–Crippen LogP) is 2.26. The largest absolute Gasteiger partial charge is 0.490 e. The van der Waals surface area contributed by atoms with Crippen LogP contribution in [0, 0.1) is 0 Å². The molecule has 0 saturated heterocycles. The van der Waals surface area contributed by atoms with Gasteiger partial charge < -0.3 is 15.4 Å². The Balaban J connectivity index is 1.83. The normalized spacial score (nSPS) is 11.4. The fraction of sp³-hybridized carbons (Fsp3) is 0.400. The van der Waals surface area contributed by atoms with E-state index in [1.165, 1.54) is 6.33 Å². The van der Waals surface area contributed by atoms with E-state index in [1.807, 2.05) is 14.0 Å². The van der Waals surface area contributed by atoms with E-state index in [2.05, 4.69) is 25.7 Å². The van der Waals surface area contributed by atoms with Crippen molar-refractivity contribution in [3.05, 3.63) is 40.4 Å². The standard InChI is InChI=1S/C15H20Cl2N6O/c1-3-18-15(20-9-13-21-10-22-23(13)2)19-7-8-24-12-6-4-5-11(16)14(12)17/h4-6,10H,3,7-9H2,1-2H3,(H2,18,19,20). The summed E-state index contributed by atoms with van der Waals surface area (Å²) in [6.07, 6.45) is 1.51. The van der Waals surface area contributed by atoms with Crippen molar-refractivity contribution in [3.8, 4) is 5.75 Å². The molecule has 0 saturated carbocycles. The highest BCUT2D eigenvalue weighted by atomic mass is 35.5. The Morgan fingerprint density at radius 1 is 1.33 bits per heavy atom. The lowest BCUT2D eigenvalue weighted by Gasteiger charge is -2.12. The lowest BCUT2D eigenvalue weighted by Crippen LogP contribution is -2.39. The second kappa shape index (κ2) is 9.34. The van der Waals surface area contributed by atoms with Gasteiger partial charge in [-0.1, -0.05) is 29.3 Å². The first-order chi connectivity index (χ1) is 11.6. The van der Waals surface area contributed by atoms with Crippen molar-refractivity contribution in [1.29, 1.82) is 0 Å². The van der Waals surface area contributed by atoms with Gasteiger partial charge in [-0.15, -0.1) is 0 Å². The van der Waals surface area contributed by atoms with E-state index >= 15 is 0 Å². The van der Waals surface area contributed by atoms with Gasteiger partial charge in [-0.25, -0.2) is 9.98 Å². The second-order valence-corrected chi connectivity index (χ2v) is 5.61. The van der Waals surface area contributed by atoms with Crippen LogP contribution in [0.25, 0.3) is 0 Å². The molecule has 0 unspecified atom stereocenters. The van der Waals surface area contributed by atoms with Gasteiger partial charge in [0.15, 0.2) is 5.96 Å². The SMILES string of the molecule is CCNC(=NCc1ncnn1C)NCCOc1cccc(Cl)c1Cl.